The van der Waals surface area contributed by atoms with Gasteiger partial charge in [0, 0.05) is 12.2 Å². The standard InChI is InChI=1S/C15H18N2O/c1-12(11-18)17-15(13-7-3-2-4-8-13)14-9-5-6-10-16-14/h2-10,12,15,17-18H,11H2,1H3. The number of aliphatic hydroxyl groups excluding tert-OH is 1. The van der Waals surface area contributed by atoms with Gasteiger partial charge in [0.25, 0.3) is 0 Å². The lowest BCUT2D eigenvalue weighted by Crippen LogP contribution is -2.34. The fourth-order valence-electron chi connectivity index (χ4n) is 1.88. The van der Waals surface area contributed by atoms with Crippen LogP contribution in [0.5, 0.6) is 0 Å². The quantitative estimate of drug-likeness (QED) is 0.844. The number of nitrogens with one attached hydrogen (secondary N) is 1. The van der Waals surface area contributed by atoms with E-state index < -0.39 is 0 Å². The van der Waals surface area contributed by atoms with Crippen LogP contribution in [0.3, 0.4) is 0 Å². The summed E-state index contributed by atoms with van der Waals surface area (Å²) >= 11 is 0. The fourth-order valence-corrected chi connectivity index (χ4v) is 1.88. The molecular formula is C15H18N2O. The number of rotatable bonds is 5. The molecule has 1 heterocycles. The molecule has 3 heteroatoms. The first-order valence-electron chi connectivity index (χ1n) is 6.14. The molecule has 0 saturated heterocycles. The van der Waals surface area contributed by atoms with E-state index in [2.05, 4.69) is 22.4 Å². The molecule has 18 heavy (non-hydrogen) atoms. The largest absolute Gasteiger partial charge is 0.395 e. The molecule has 0 aliphatic rings. The number of hydrogen-bond donors (Lipinski definition) is 2. The smallest absolute Gasteiger partial charge is 0.0754 e. The van der Waals surface area contributed by atoms with Crippen molar-refractivity contribution in [3.8, 4) is 0 Å². The highest BCUT2D eigenvalue weighted by Crippen LogP contribution is 2.20. The minimum atomic E-state index is 0.00884. The summed E-state index contributed by atoms with van der Waals surface area (Å²) in [5.74, 6) is 0. The summed E-state index contributed by atoms with van der Waals surface area (Å²) in [6.07, 6.45) is 1.79. The number of nitrogens with zero attached hydrogens (tertiary/aromatic N) is 1. The summed E-state index contributed by atoms with van der Waals surface area (Å²) < 4.78 is 0. The van der Waals surface area contributed by atoms with Crippen LogP contribution in [-0.2, 0) is 0 Å². The normalized spacial score (nSPS) is 14.1. The molecule has 2 atom stereocenters. The number of aromatic nitrogens is 1. The molecule has 0 radical (unpaired) electrons. The van der Waals surface area contributed by atoms with Crippen LogP contribution in [0.25, 0.3) is 0 Å². The Bertz CT molecular complexity index is 419. The van der Waals surface area contributed by atoms with Crippen molar-refractivity contribution in [1.82, 2.24) is 10.3 Å². The first kappa shape index (κ1) is 12.7. The molecule has 2 unspecified atom stereocenters. The molecule has 0 fully saturated rings. The average Bonchev–Trinajstić information content (AvgIpc) is 2.46. The van der Waals surface area contributed by atoms with E-state index >= 15 is 0 Å². The first-order valence-corrected chi connectivity index (χ1v) is 6.14. The third-order valence-corrected chi connectivity index (χ3v) is 2.84. The van der Waals surface area contributed by atoms with Gasteiger partial charge >= 0.3 is 0 Å². The van der Waals surface area contributed by atoms with Gasteiger partial charge in [-0.2, -0.15) is 0 Å². The van der Waals surface area contributed by atoms with Gasteiger partial charge in [0.15, 0.2) is 0 Å². The zero-order chi connectivity index (χ0) is 12.8. The SMILES string of the molecule is CC(CO)NC(c1ccccc1)c1ccccn1. The first-order chi connectivity index (χ1) is 8.81. The molecule has 2 aromatic rings. The highest BCUT2D eigenvalue weighted by Gasteiger charge is 2.16. The van der Waals surface area contributed by atoms with Gasteiger partial charge < -0.3 is 10.4 Å². The number of pyridine rings is 1. The van der Waals surface area contributed by atoms with Gasteiger partial charge in [-0.3, -0.25) is 4.98 Å². The van der Waals surface area contributed by atoms with E-state index in [0.717, 1.165) is 11.3 Å². The lowest BCUT2D eigenvalue weighted by atomic mass is 10.0. The summed E-state index contributed by atoms with van der Waals surface area (Å²) in [6.45, 7) is 2.06. The van der Waals surface area contributed by atoms with Gasteiger partial charge in [-0.05, 0) is 24.6 Å². The molecule has 0 amide bonds. The van der Waals surface area contributed by atoms with E-state index in [0.29, 0.717) is 0 Å². The van der Waals surface area contributed by atoms with Crippen molar-refractivity contribution in [1.29, 1.82) is 0 Å². The van der Waals surface area contributed by atoms with Crippen molar-refractivity contribution in [2.24, 2.45) is 0 Å². The average molecular weight is 242 g/mol. The van der Waals surface area contributed by atoms with E-state index in [9.17, 15) is 5.11 Å². The molecule has 2 rings (SSSR count). The van der Waals surface area contributed by atoms with Crippen LogP contribution in [-0.4, -0.2) is 22.7 Å². The van der Waals surface area contributed by atoms with Crippen LogP contribution < -0.4 is 5.32 Å². The van der Waals surface area contributed by atoms with Gasteiger partial charge in [-0.25, -0.2) is 0 Å². The highest BCUT2D eigenvalue weighted by atomic mass is 16.3. The predicted molar refractivity (Wildman–Crippen MR) is 72.2 cm³/mol. The lowest BCUT2D eigenvalue weighted by molar-refractivity contribution is 0.245. The van der Waals surface area contributed by atoms with Crippen molar-refractivity contribution in [2.45, 2.75) is 19.0 Å². The van der Waals surface area contributed by atoms with Crippen LogP contribution in [0.1, 0.15) is 24.2 Å². The molecule has 0 bridgehead atoms. The maximum Gasteiger partial charge on any atom is 0.0754 e. The van der Waals surface area contributed by atoms with E-state index in [1.807, 2.05) is 43.3 Å². The van der Waals surface area contributed by atoms with Crippen molar-refractivity contribution in [3.63, 3.8) is 0 Å². The van der Waals surface area contributed by atoms with Crippen LogP contribution in [0.15, 0.2) is 54.7 Å². The second-order valence-electron chi connectivity index (χ2n) is 4.35. The van der Waals surface area contributed by atoms with Crippen molar-refractivity contribution >= 4 is 0 Å². The van der Waals surface area contributed by atoms with Gasteiger partial charge in [0.05, 0.1) is 18.3 Å². The highest BCUT2D eigenvalue weighted by molar-refractivity contribution is 5.27. The summed E-state index contributed by atoms with van der Waals surface area (Å²) in [4.78, 5) is 4.40. The number of hydrogen-bond acceptors (Lipinski definition) is 3. The van der Waals surface area contributed by atoms with E-state index in [1.54, 1.807) is 6.20 Å². The molecule has 1 aromatic carbocycles. The molecule has 3 nitrogen and oxygen atoms in total. The molecule has 2 N–H and O–H groups in total. The van der Waals surface area contributed by atoms with E-state index in [4.69, 9.17) is 0 Å². The Balaban J connectivity index is 2.29. The number of aliphatic hydroxyl groups is 1. The Morgan fingerprint density at radius 3 is 2.44 bits per heavy atom. The Morgan fingerprint density at radius 1 is 1.11 bits per heavy atom. The fraction of sp³-hybridized carbons (Fsp3) is 0.267. The molecule has 94 valence electrons. The van der Waals surface area contributed by atoms with Crippen LogP contribution in [0.2, 0.25) is 0 Å². The zero-order valence-electron chi connectivity index (χ0n) is 10.5. The minimum Gasteiger partial charge on any atom is -0.395 e. The van der Waals surface area contributed by atoms with Crippen molar-refractivity contribution in [2.75, 3.05) is 6.61 Å². The summed E-state index contributed by atoms with van der Waals surface area (Å²) in [5, 5.41) is 12.6. The zero-order valence-corrected chi connectivity index (χ0v) is 10.5. The van der Waals surface area contributed by atoms with E-state index in [1.165, 1.54) is 0 Å². The molecular weight excluding hydrogens is 224 g/mol. The Hall–Kier alpha value is -1.71. The Labute approximate surface area is 108 Å². The summed E-state index contributed by atoms with van der Waals surface area (Å²) in [5.41, 5.74) is 2.11. The topological polar surface area (TPSA) is 45.1 Å². The number of benzene rings is 1. The molecule has 0 saturated carbocycles. The van der Waals surface area contributed by atoms with Crippen LogP contribution in [0, 0.1) is 0 Å². The molecule has 0 aliphatic carbocycles. The van der Waals surface area contributed by atoms with Gasteiger partial charge in [0.2, 0.25) is 0 Å². The molecule has 0 spiro atoms. The van der Waals surface area contributed by atoms with Crippen molar-refractivity contribution < 1.29 is 5.11 Å². The van der Waals surface area contributed by atoms with E-state index in [-0.39, 0.29) is 18.7 Å². The molecule has 1 aromatic heterocycles. The Morgan fingerprint density at radius 2 is 1.83 bits per heavy atom. The second-order valence-corrected chi connectivity index (χ2v) is 4.35. The summed E-state index contributed by atoms with van der Waals surface area (Å²) in [7, 11) is 0. The van der Waals surface area contributed by atoms with Crippen molar-refractivity contribution in [3.05, 3.63) is 66.0 Å². The van der Waals surface area contributed by atoms with Crippen LogP contribution in [0.4, 0.5) is 0 Å². The third-order valence-electron chi connectivity index (χ3n) is 2.84. The third kappa shape index (κ3) is 3.15. The van der Waals surface area contributed by atoms with Crippen LogP contribution >= 0.6 is 0 Å². The maximum absolute atomic E-state index is 9.19. The maximum atomic E-state index is 9.19. The lowest BCUT2D eigenvalue weighted by Gasteiger charge is -2.22. The molecule has 0 aliphatic heterocycles. The van der Waals surface area contributed by atoms with Gasteiger partial charge in [-0.15, -0.1) is 0 Å². The predicted octanol–water partition coefficient (Wildman–Crippen LogP) is 2.14. The minimum absolute atomic E-state index is 0.00884. The Kier molecular flexibility index (Phi) is 4.45. The van der Waals surface area contributed by atoms with Gasteiger partial charge in [0.1, 0.15) is 0 Å². The second kappa shape index (κ2) is 6.28. The summed E-state index contributed by atoms with van der Waals surface area (Å²) in [6, 6.07) is 16.1. The monoisotopic (exact) mass is 242 g/mol. The van der Waals surface area contributed by atoms with Gasteiger partial charge in [-0.1, -0.05) is 36.4 Å².